The van der Waals surface area contributed by atoms with E-state index in [4.69, 9.17) is 0 Å². The van der Waals surface area contributed by atoms with E-state index in [0.717, 1.165) is 12.3 Å². The molecule has 3 nitrogen and oxygen atoms in total. The molecule has 1 aromatic heterocycles. The first-order chi connectivity index (χ1) is 7.66. The number of carbonyl (C=O) groups is 1. The van der Waals surface area contributed by atoms with Crippen molar-refractivity contribution >= 4 is 5.78 Å². The van der Waals surface area contributed by atoms with Gasteiger partial charge >= 0.3 is 5.63 Å². The Morgan fingerprint density at radius 1 is 1.00 bits per heavy atom. The average Bonchev–Trinajstić information content (AvgIpc) is 2.30. The van der Waals surface area contributed by atoms with E-state index in [1.54, 1.807) is 0 Å². The molecule has 16 heavy (non-hydrogen) atoms. The van der Waals surface area contributed by atoms with Gasteiger partial charge in [0.05, 0.1) is 5.56 Å². The van der Waals surface area contributed by atoms with Crippen molar-refractivity contribution in [3.8, 4) is 0 Å². The van der Waals surface area contributed by atoms with Gasteiger partial charge in [-0.25, -0.2) is 9.18 Å². The van der Waals surface area contributed by atoms with Crippen molar-refractivity contribution in [3.05, 3.63) is 70.0 Å². The Bertz CT molecular complexity index is 549. The highest BCUT2D eigenvalue weighted by Gasteiger charge is 2.09. The SMILES string of the molecule is O=C(c1ccc(F)cc1)c1ccc(=O)oc1. The predicted molar refractivity (Wildman–Crippen MR) is 54.8 cm³/mol. The fourth-order valence-electron chi connectivity index (χ4n) is 1.26. The number of benzene rings is 1. The van der Waals surface area contributed by atoms with Crippen LogP contribution in [0.15, 0.2) is 51.9 Å². The third kappa shape index (κ3) is 2.06. The van der Waals surface area contributed by atoms with Crippen LogP contribution in [0, 0.1) is 5.82 Å². The van der Waals surface area contributed by atoms with Crippen LogP contribution in [-0.4, -0.2) is 5.78 Å². The number of hydrogen-bond acceptors (Lipinski definition) is 3. The standard InChI is InChI=1S/C12H7FO3/c13-10-4-1-8(2-5-10)12(15)9-3-6-11(14)16-7-9/h1-7H. The predicted octanol–water partition coefficient (Wildman–Crippen LogP) is 2.01. The molecule has 1 heterocycles. The van der Waals surface area contributed by atoms with Gasteiger partial charge in [0.1, 0.15) is 12.1 Å². The molecular weight excluding hydrogens is 211 g/mol. The van der Waals surface area contributed by atoms with E-state index in [9.17, 15) is 14.0 Å². The van der Waals surface area contributed by atoms with Crippen LogP contribution in [0.3, 0.4) is 0 Å². The van der Waals surface area contributed by atoms with E-state index in [1.165, 1.54) is 30.3 Å². The maximum Gasteiger partial charge on any atom is 0.335 e. The molecule has 0 radical (unpaired) electrons. The molecule has 0 aliphatic heterocycles. The molecular formula is C12H7FO3. The molecule has 80 valence electrons. The Balaban J connectivity index is 2.35. The number of ketones is 1. The summed E-state index contributed by atoms with van der Waals surface area (Å²) in [6, 6.07) is 7.69. The van der Waals surface area contributed by atoms with Crippen LogP contribution in [-0.2, 0) is 0 Å². The van der Waals surface area contributed by atoms with Gasteiger partial charge in [0.15, 0.2) is 5.78 Å². The molecule has 0 aliphatic carbocycles. The molecule has 0 amide bonds. The van der Waals surface area contributed by atoms with E-state index < -0.39 is 11.4 Å². The molecule has 0 atom stereocenters. The molecule has 0 spiro atoms. The van der Waals surface area contributed by atoms with Crippen molar-refractivity contribution in [1.82, 2.24) is 0 Å². The minimum atomic E-state index is -0.518. The molecule has 0 unspecified atom stereocenters. The summed E-state index contributed by atoms with van der Waals surface area (Å²) in [7, 11) is 0. The molecule has 0 fully saturated rings. The van der Waals surface area contributed by atoms with Gasteiger partial charge in [0, 0.05) is 11.6 Å². The van der Waals surface area contributed by atoms with Crippen LogP contribution in [0.2, 0.25) is 0 Å². The lowest BCUT2D eigenvalue weighted by atomic mass is 10.1. The second-order valence-corrected chi connectivity index (χ2v) is 3.18. The van der Waals surface area contributed by atoms with Gasteiger partial charge in [-0.2, -0.15) is 0 Å². The molecule has 2 aromatic rings. The lowest BCUT2D eigenvalue weighted by Gasteiger charge is -1.99. The van der Waals surface area contributed by atoms with Gasteiger partial charge in [-0.3, -0.25) is 4.79 Å². The van der Waals surface area contributed by atoms with Crippen LogP contribution in [0.25, 0.3) is 0 Å². The van der Waals surface area contributed by atoms with Crippen LogP contribution in [0.1, 0.15) is 15.9 Å². The van der Waals surface area contributed by atoms with E-state index in [0.29, 0.717) is 5.56 Å². The summed E-state index contributed by atoms with van der Waals surface area (Å²) in [5.41, 5.74) is 0.0807. The highest BCUT2D eigenvalue weighted by atomic mass is 19.1. The highest BCUT2D eigenvalue weighted by Crippen LogP contribution is 2.09. The first-order valence-corrected chi connectivity index (χ1v) is 4.56. The third-order valence-electron chi connectivity index (χ3n) is 2.07. The Morgan fingerprint density at radius 3 is 2.19 bits per heavy atom. The van der Waals surface area contributed by atoms with Crippen molar-refractivity contribution in [2.75, 3.05) is 0 Å². The van der Waals surface area contributed by atoms with Gasteiger partial charge in [-0.05, 0) is 30.3 Å². The summed E-state index contributed by atoms with van der Waals surface area (Å²) in [4.78, 5) is 22.5. The quantitative estimate of drug-likeness (QED) is 0.724. The number of hydrogen-bond donors (Lipinski definition) is 0. The monoisotopic (exact) mass is 218 g/mol. The fraction of sp³-hybridized carbons (Fsp3) is 0. The Labute approximate surface area is 90.1 Å². The maximum absolute atomic E-state index is 12.6. The largest absolute Gasteiger partial charge is 0.431 e. The number of rotatable bonds is 2. The zero-order valence-electron chi connectivity index (χ0n) is 8.14. The van der Waals surface area contributed by atoms with Crippen LogP contribution in [0.4, 0.5) is 4.39 Å². The summed E-state index contributed by atoms with van der Waals surface area (Å²) in [6.45, 7) is 0. The summed E-state index contributed by atoms with van der Waals surface area (Å²) in [5, 5.41) is 0. The molecule has 1 aromatic carbocycles. The van der Waals surface area contributed by atoms with Crippen molar-refractivity contribution in [1.29, 1.82) is 0 Å². The zero-order valence-corrected chi connectivity index (χ0v) is 8.14. The Kier molecular flexibility index (Phi) is 2.64. The van der Waals surface area contributed by atoms with Crippen molar-refractivity contribution < 1.29 is 13.6 Å². The van der Waals surface area contributed by atoms with Crippen molar-refractivity contribution in [3.63, 3.8) is 0 Å². The summed E-state index contributed by atoms with van der Waals surface area (Å²) in [5.74, 6) is -0.722. The van der Waals surface area contributed by atoms with Gasteiger partial charge in [0.25, 0.3) is 0 Å². The summed E-state index contributed by atoms with van der Waals surface area (Å²) < 4.78 is 17.2. The van der Waals surface area contributed by atoms with Gasteiger partial charge in [-0.15, -0.1) is 0 Å². The average molecular weight is 218 g/mol. The van der Waals surface area contributed by atoms with Gasteiger partial charge < -0.3 is 4.42 Å². The van der Waals surface area contributed by atoms with Gasteiger partial charge in [0.2, 0.25) is 0 Å². The van der Waals surface area contributed by atoms with Crippen LogP contribution < -0.4 is 5.63 Å². The first-order valence-electron chi connectivity index (χ1n) is 4.56. The molecule has 0 N–H and O–H groups in total. The molecule has 0 bridgehead atoms. The Morgan fingerprint density at radius 2 is 1.62 bits per heavy atom. The van der Waals surface area contributed by atoms with Crippen molar-refractivity contribution in [2.24, 2.45) is 0 Å². The minimum absolute atomic E-state index is 0.256. The molecule has 0 saturated heterocycles. The van der Waals surface area contributed by atoms with E-state index in [-0.39, 0.29) is 11.3 Å². The molecule has 2 rings (SSSR count). The molecule has 4 heteroatoms. The summed E-state index contributed by atoms with van der Waals surface area (Å²) in [6.07, 6.45) is 1.09. The van der Waals surface area contributed by atoms with E-state index in [1.807, 2.05) is 0 Å². The molecule has 0 saturated carbocycles. The number of carbonyl (C=O) groups excluding carboxylic acids is 1. The van der Waals surface area contributed by atoms with Crippen LogP contribution >= 0.6 is 0 Å². The lowest BCUT2D eigenvalue weighted by Crippen LogP contribution is -2.04. The molecule has 0 aliphatic rings. The topological polar surface area (TPSA) is 47.3 Å². The Hall–Kier alpha value is -2.23. The fourth-order valence-corrected chi connectivity index (χ4v) is 1.26. The zero-order chi connectivity index (χ0) is 11.5. The third-order valence-corrected chi connectivity index (χ3v) is 2.07. The van der Waals surface area contributed by atoms with E-state index in [2.05, 4.69) is 4.42 Å². The summed E-state index contributed by atoms with van der Waals surface area (Å²) >= 11 is 0. The second-order valence-electron chi connectivity index (χ2n) is 3.18. The lowest BCUT2D eigenvalue weighted by molar-refractivity contribution is 0.103. The van der Waals surface area contributed by atoms with Crippen molar-refractivity contribution in [2.45, 2.75) is 0 Å². The maximum atomic E-state index is 12.6. The second kappa shape index (κ2) is 4.10. The normalized spacial score (nSPS) is 10.1. The smallest absolute Gasteiger partial charge is 0.335 e. The van der Waals surface area contributed by atoms with Gasteiger partial charge in [-0.1, -0.05) is 0 Å². The number of halogens is 1. The minimum Gasteiger partial charge on any atom is -0.431 e. The van der Waals surface area contributed by atoms with E-state index >= 15 is 0 Å². The highest BCUT2D eigenvalue weighted by molar-refractivity contribution is 6.08. The van der Waals surface area contributed by atoms with Crippen LogP contribution in [0.5, 0.6) is 0 Å². The first kappa shape index (κ1) is 10.3.